The molecule has 3 aromatic heterocycles. The summed E-state index contributed by atoms with van der Waals surface area (Å²) in [7, 11) is 0. The number of rotatable bonds is 3. The van der Waals surface area contributed by atoms with Gasteiger partial charge in [0.1, 0.15) is 11.2 Å². The summed E-state index contributed by atoms with van der Waals surface area (Å²) in [5.41, 5.74) is 10.9. The first-order valence-electron chi connectivity index (χ1n) is 6.62. The van der Waals surface area contributed by atoms with Gasteiger partial charge in [-0.15, -0.1) is 0 Å². The second kappa shape index (κ2) is 4.59. The van der Waals surface area contributed by atoms with Gasteiger partial charge in [0, 0.05) is 17.8 Å². The third-order valence-electron chi connectivity index (χ3n) is 3.36. The summed E-state index contributed by atoms with van der Waals surface area (Å²) in [5, 5.41) is 4.58. The van der Waals surface area contributed by atoms with Crippen molar-refractivity contribution in [3.63, 3.8) is 0 Å². The number of nitrogen functional groups attached to an aromatic ring is 1. The highest BCUT2D eigenvalue weighted by atomic mass is 15.3. The molecule has 0 aliphatic carbocycles. The molecule has 0 saturated carbocycles. The van der Waals surface area contributed by atoms with Gasteiger partial charge in [-0.05, 0) is 20.3 Å². The Labute approximate surface area is 116 Å². The van der Waals surface area contributed by atoms with E-state index in [2.05, 4.69) is 32.0 Å². The lowest BCUT2D eigenvalue weighted by molar-refractivity contribution is 0.583. The van der Waals surface area contributed by atoms with E-state index in [1.165, 1.54) is 0 Å². The summed E-state index contributed by atoms with van der Waals surface area (Å²) < 4.78 is 2.01. The molecule has 0 atom stereocenters. The first-order valence-corrected chi connectivity index (χ1v) is 6.62. The lowest BCUT2D eigenvalue weighted by Gasteiger charge is -2.05. The Balaban J connectivity index is 2.28. The summed E-state index contributed by atoms with van der Waals surface area (Å²) >= 11 is 0. The van der Waals surface area contributed by atoms with E-state index in [-0.39, 0.29) is 5.95 Å². The molecular weight excluding hydrogens is 254 g/mol. The van der Waals surface area contributed by atoms with Crippen LogP contribution >= 0.6 is 0 Å². The molecule has 0 saturated heterocycles. The zero-order valence-corrected chi connectivity index (χ0v) is 11.8. The number of H-pyrrole nitrogens is 1. The minimum atomic E-state index is 0.224. The number of nitrogens with one attached hydrogen (secondary N) is 1. The van der Waals surface area contributed by atoms with E-state index < -0.39 is 0 Å². The quantitative estimate of drug-likeness (QED) is 0.757. The van der Waals surface area contributed by atoms with Gasteiger partial charge < -0.3 is 10.7 Å². The number of imidazole rings is 1. The van der Waals surface area contributed by atoms with E-state index in [4.69, 9.17) is 5.73 Å². The molecule has 104 valence electrons. The average Bonchev–Trinajstić information content (AvgIpc) is 2.95. The zero-order chi connectivity index (χ0) is 14.3. The minimum absolute atomic E-state index is 0.224. The number of hydrogen-bond donors (Lipinski definition) is 2. The molecule has 3 N–H and O–H groups in total. The molecule has 0 aliphatic rings. The fourth-order valence-electron chi connectivity index (χ4n) is 2.50. The van der Waals surface area contributed by atoms with Crippen LogP contribution in [0.1, 0.15) is 24.7 Å². The molecular formula is C13H17N7. The van der Waals surface area contributed by atoms with Gasteiger partial charge in [0.15, 0.2) is 5.65 Å². The van der Waals surface area contributed by atoms with Gasteiger partial charge in [-0.2, -0.15) is 10.1 Å². The average molecular weight is 271 g/mol. The molecule has 0 bridgehead atoms. The maximum Gasteiger partial charge on any atom is 0.222 e. The van der Waals surface area contributed by atoms with Crippen molar-refractivity contribution in [2.75, 3.05) is 5.73 Å². The van der Waals surface area contributed by atoms with Crippen LogP contribution in [0.2, 0.25) is 0 Å². The van der Waals surface area contributed by atoms with E-state index in [1.54, 1.807) is 6.33 Å². The van der Waals surface area contributed by atoms with Crippen LogP contribution in [0.4, 0.5) is 5.95 Å². The Morgan fingerprint density at radius 1 is 1.30 bits per heavy atom. The number of aromatic amines is 1. The van der Waals surface area contributed by atoms with Crippen molar-refractivity contribution in [1.29, 1.82) is 0 Å². The Morgan fingerprint density at radius 3 is 2.85 bits per heavy atom. The van der Waals surface area contributed by atoms with E-state index in [0.29, 0.717) is 5.65 Å². The number of aryl methyl sites for hydroxylation is 2. The lowest BCUT2D eigenvalue weighted by Crippen LogP contribution is -2.02. The largest absolute Gasteiger partial charge is 0.368 e. The molecule has 20 heavy (non-hydrogen) atoms. The van der Waals surface area contributed by atoms with Crippen LogP contribution in [-0.4, -0.2) is 29.7 Å². The molecule has 0 aromatic carbocycles. The molecule has 7 heteroatoms. The van der Waals surface area contributed by atoms with E-state index in [1.807, 2.05) is 18.5 Å². The van der Waals surface area contributed by atoms with E-state index in [9.17, 15) is 0 Å². The van der Waals surface area contributed by atoms with Gasteiger partial charge >= 0.3 is 0 Å². The van der Waals surface area contributed by atoms with Crippen LogP contribution in [0, 0.1) is 13.8 Å². The first-order chi connectivity index (χ1) is 9.61. The number of anilines is 1. The van der Waals surface area contributed by atoms with Gasteiger partial charge in [-0.3, -0.25) is 4.68 Å². The third-order valence-corrected chi connectivity index (χ3v) is 3.36. The Bertz CT molecular complexity index is 768. The molecule has 0 amide bonds. The van der Waals surface area contributed by atoms with Gasteiger partial charge in [0.05, 0.1) is 12.0 Å². The maximum atomic E-state index is 5.78. The number of aromatic nitrogens is 6. The molecule has 3 heterocycles. The van der Waals surface area contributed by atoms with Gasteiger partial charge in [0.2, 0.25) is 5.95 Å². The summed E-state index contributed by atoms with van der Waals surface area (Å²) in [6.07, 6.45) is 2.64. The monoisotopic (exact) mass is 271 g/mol. The minimum Gasteiger partial charge on any atom is -0.368 e. The molecule has 0 aliphatic heterocycles. The zero-order valence-electron chi connectivity index (χ0n) is 11.8. The van der Waals surface area contributed by atoms with Crippen LogP contribution in [0.5, 0.6) is 0 Å². The van der Waals surface area contributed by atoms with Crippen molar-refractivity contribution in [2.45, 2.75) is 33.7 Å². The third kappa shape index (κ3) is 1.82. The Morgan fingerprint density at radius 2 is 2.10 bits per heavy atom. The maximum absolute atomic E-state index is 5.78. The number of fused-ring (bicyclic) bond motifs is 1. The predicted octanol–water partition coefficient (Wildman–Crippen LogP) is 1.83. The van der Waals surface area contributed by atoms with Crippen molar-refractivity contribution in [3.05, 3.63) is 17.7 Å². The lowest BCUT2D eigenvalue weighted by atomic mass is 10.1. The highest BCUT2D eigenvalue weighted by Gasteiger charge is 2.19. The van der Waals surface area contributed by atoms with Gasteiger partial charge in [0.25, 0.3) is 0 Å². The highest BCUT2D eigenvalue weighted by molar-refractivity contribution is 5.89. The molecule has 0 radical (unpaired) electrons. The second-order valence-corrected chi connectivity index (χ2v) is 4.80. The molecule has 7 nitrogen and oxygen atoms in total. The SMILES string of the molecule is CCCn1nc(C)c(-c2nc(N)nc3nc[nH]c23)c1C. The van der Waals surface area contributed by atoms with Crippen LogP contribution in [0.15, 0.2) is 6.33 Å². The summed E-state index contributed by atoms with van der Waals surface area (Å²) in [4.78, 5) is 15.7. The van der Waals surface area contributed by atoms with E-state index >= 15 is 0 Å². The van der Waals surface area contributed by atoms with Crippen LogP contribution in [0.25, 0.3) is 22.4 Å². The van der Waals surface area contributed by atoms with Gasteiger partial charge in [-0.1, -0.05) is 6.92 Å². The molecule has 0 spiro atoms. The van der Waals surface area contributed by atoms with Crippen LogP contribution < -0.4 is 5.73 Å². The second-order valence-electron chi connectivity index (χ2n) is 4.80. The molecule has 3 rings (SSSR count). The summed E-state index contributed by atoms with van der Waals surface area (Å²) in [5.74, 6) is 0.224. The predicted molar refractivity (Wildman–Crippen MR) is 77.1 cm³/mol. The Hall–Kier alpha value is -2.44. The Kier molecular flexibility index (Phi) is 2.89. The van der Waals surface area contributed by atoms with Crippen molar-refractivity contribution < 1.29 is 0 Å². The topological polar surface area (TPSA) is 98.3 Å². The summed E-state index contributed by atoms with van der Waals surface area (Å²) in [6, 6.07) is 0. The smallest absolute Gasteiger partial charge is 0.222 e. The van der Waals surface area contributed by atoms with Crippen molar-refractivity contribution in [1.82, 2.24) is 29.7 Å². The highest BCUT2D eigenvalue weighted by Crippen LogP contribution is 2.30. The standard InChI is InChI=1S/C13H17N7/c1-4-5-20-8(3)9(7(2)19-20)10-11-12(16-6-15-11)18-13(14)17-10/h6H,4-5H2,1-3H3,(H3,14,15,16,17,18). The summed E-state index contributed by atoms with van der Waals surface area (Å²) in [6.45, 7) is 7.05. The van der Waals surface area contributed by atoms with Crippen molar-refractivity contribution >= 4 is 17.1 Å². The number of nitrogens with zero attached hydrogens (tertiary/aromatic N) is 5. The van der Waals surface area contributed by atoms with Crippen molar-refractivity contribution in [3.8, 4) is 11.3 Å². The van der Waals surface area contributed by atoms with Crippen molar-refractivity contribution in [2.24, 2.45) is 0 Å². The molecule has 3 aromatic rings. The van der Waals surface area contributed by atoms with Crippen LogP contribution in [-0.2, 0) is 6.54 Å². The van der Waals surface area contributed by atoms with E-state index in [0.717, 1.165) is 41.1 Å². The fourth-order valence-corrected chi connectivity index (χ4v) is 2.50. The molecule has 0 fully saturated rings. The van der Waals surface area contributed by atoms with Crippen LogP contribution in [0.3, 0.4) is 0 Å². The van der Waals surface area contributed by atoms with Gasteiger partial charge in [-0.25, -0.2) is 9.97 Å². The normalized spacial score (nSPS) is 11.3. The number of nitrogens with two attached hydrogens (primary N) is 1. The molecule has 0 unspecified atom stereocenters. The number of hydrogen-bond acceptors (Lipinski definition) is 5. The fraction of sp³-hybridized carbons (Fsp3) is 0.385. The first kappa shape index (κ1) is 12.6.